The maximum Gasteiger partial charge on any atom is 0.253 e. The van der Waals surface area contributed by atoms with Gasteiger partial charge in [-0.2, -0.15) is 5.10 Å². The van der Waals surface area contributed by atoms with Gasteiger partial charge in [0.15, 0.2) is 0 Å². The Kier molecular flexibility index (Phi) is 4.54. The SMILES string of the molecule is CCn1ncc(Br)c1CN(C)C(=O)c1ccc(F)cc1. The maximum atomic E-state index is 12.9. The minimum Gasteiger partial charge on any atom is -0.336 e. The number of carbonyl (C=O) groups excluding carboxylic acids is 1. The molecule has 0 saturated carbocycles. The minimum absolute atomic E-state index is 0.152. The van der Waals surface area contributed by atoms with E-state index in [2.05, 4.69) is 21.0 Å². The molecule has 0 aliphatic heterocycles. The molecular weight excluding hydrogens is 325 g/mol. The summed E-state index contributed by atoms with van der Waals surface area (Å²) < 4.78 is 15.6. The molecule has 1 aromatic heterocycles. The summed E-state index contributed by atoms with van der Waals surface area (Å²) in [4.78, 5) is 13.8. The Hall–Kier alpha value is -1.69. The molecule has 20 heavy (non-hydrogen) atoms. The van der Waals surface area contributed by atoms with Crippen LogP contribution >= 0.6 is 15.9 Å². The molecule has 0 aliphatic carbocycles. The van der Waals surface area contributed by atoms with Crippen LogP contribution in [0.2, 0.25) is 0 Å². The van der Waals surface area contributed by atoms with E-state index in [0.717, 1.165) is 16.7 Å². The van der Waals surface area contributed by atoms with E-state index in [1.165, 1.54) is 24.3 Å². The number of amides is 1. The molecule has 1 amide bonds. The van der Waals surface area contributed by atoms with Gasteiger partial charge in [-0.05, 0) is 47.1 Å². The summed E-state index contributed by atoms with van der Waals surface area (Å²) in [6.45, 7) is 3.16. The molecule has 1 heterocycles. The molecule has 0 bridgehead atoms. The predicted octanol–water partition coefficient (Wildman–Crippen LogP) is 3.08. The molecule has 6 heteroatoms. The van der Waals surface area contributed by atoms with Crippen molar-refractivity contribution in [1.29, 1.82) is 0 Å². The summed E-state index contributed by atoms with van der Waals surface area (Å²) in [5.74, 6) is -0.503. The largest absolute Gasteiger partial charge is 0.336 e. The van der Waals surface area contributed by atoms with Crippen LogP contribution in [0.5, 0.6) is 0 Å². The van der Waals surface area contributed by atoms with Crippen molar-refractivity contribution in [2.75, 3.05) is 7.05 Å². The predicted molar refractivity (Wildman–Crippen MR) is 77.8 cm³/mol. The molecule has 2 rings (SSSR count). The van der Waals surface area contributed by atoms with E-state index in [-0.39, 0.29) is 11.7 Å². The summed E-state index contributed by atoms with van der Waals surface area (Å²) in [5.41, 5.74) is 1.40. The first-order chi connectivity index (χ1) is 9.52. The fourth-order valence-corrected chi connectivity index (χ4v) is 2.35. The number of hydrogen-bond acceptors (Lipinski definition) is 2. The van der Waals surface area contributed by atoms with Crippen molar-refractivity contribution < 1.29 is 9.18 Å². The topological polar surface area (TPSA) is 38.1 Å². The molecule has 1 aromatic carbocycles. The van der Waals surface area contributed by atoms with Crippen LogP contribution in [0.3, 0.4) is 0 Å². The van der Waals surface area contributed by atoms with E-state index >= 15 is 0 Å². The third kappa shape index (κ3) is 3.07. The lowest BCUT2D eigenvalue weighted by Crippen LogP contribution is -2.27. The molecule has 0 aliphatic rings. The van der Waals surface area contributed by atoms with Crippen LogP contribution in [0.4, 0.5) is 4.39 Å². The molecule has 0 fully saturated rings. The Morgan fingerprint density at radius 2 is 2.05 bits per heavy atom. The average molecular weight is 340 g/mol. The summed E-state index contributed by atoms with van der Waals surface area (Å²) in [5, 5.41) is 4.21. The second-order valence-electron chi connectivity index (χ2n) is 4.42. The van der Waals surface area contributed by atoms with Gasteiger partial charge in [0, 0.05) is 19.2 Å². The Labute approximate surface area is 125 Å². The van der Waals surface area contributed by atoms with Crippen molar-refractivity contribution >= 4 is 21.8 Å². The molecule has 0 atom stereocenters. The van der Waals surface area contributed by atoms with Gasteiger partial charge in [-0.1, -0.05) is 0 Å². The number of carbonyl (C=O) groups is 1. The summed E-state index contributed by atoms with van der Waals surface area (Å²) in [6.07, 6.45) is 1.72. The Morgan fingerprint density at radius 3 is 2.65 bits per heavy atom. The number of nitrogens with zero attached hydrogens (tertiary/aromatic N) is 3. The van der Waals surface area contributed by atoms with Crippen molar-refractivity contribution in [2.24, 2.45) is 0 Å². The summed E-state index contributed by atoms with van der Waals surface area (Å²) in [6, 6.07) is 5.54. The number of benzene rings is 1. The van der Waals surface area contributed by atoms with Gasteiger partial charge in [0.1, 0.15) is 5.82 Å². The second-order valence-corrected chi connectivity index (χ2v) is 5.28. The van der Waals surface area contributed by atoms with Crippen molar-refractivity contribution in [2.45, 2.75) is 20.0 Å². The number of aryl methyl sites for hydroxylation is 1. The van der Waals surface area contributed by atoms with Gasteiger partial charge in [-0.3, -0.25) is 9.48 Å². The maximum absolute atomic E-state index is 12.9. The highest BCUT2D eigenvalue weighted by atomic mass is 79.9. The van der Waals surface area contributed by atoms with E-state index in [1.54, 1.807) is 18.1 Å². The van der Waals surface area contributed by atoms with Gasteiger partial charge < -0.3 is 4.90 Å². The third-order valence-electron chi connectivity index (χ3n) is 3.02. The lowest BCUT2D eigenvalue weighted by molar-refractivity contribution is 0.0781. The molecule has 0 saturated heterocycles. The average Bonchev–Trinajstić information content (AvgIpc) is 2.79. The summed E-state index contributed by atoms with van der Waals surface area (Å²) >= 11 is 3.43. The Bertz CT molecular complexity index is 609. The highest BCUT2D eigenvalue weighted by Gasteiger charge is 2.16. The molecule has 0 spiro atoms. The number of rotatable bonds is 4. The van der Waals surface area contributed by atoms with Gasteiger partial charge in [0.25, 0.3) is 5.91 Å². The van der Waals surface area contributed by atoms with Gasteiger partial charge in [0.2, 0.25) is 0 Å². The van der Waals surface area contributed by atoms with E-state index < -0.39 is 0 Å². The number of aromatic nitrogens is 2. The third-order valence-corrected chi connectivity index (χ3v) is 3.68. The van der Waals surface area contributed by atoms with Gasteiger partial charge in [-0.25, -0.2) is 4.39 Å². The van der Waals surface area contributed by atoms with Crippen LogP contribution in [0, 0.1) is 5.82 Å². The lowest BCUT2D eigenvalue weighted by Gasteiger charge is -2.18. The van der Waals surface area contributed by atoms with Crippen molar-refractivity contribution in [3.05, 3.63) is 52.0 Å². The molecule has 0 radical (unpaired) electrons. The lowest BCUT2D eigenvalue weighted by atomic mass is 10.2. The van der Waals surface area contributed by atoms with Gasteiger partial charge in [0.05, 0.1) is 22.9 Å². The van der Waals surface area contributed by atoms with E-state index in [0.29, 0.717) is 12.1 Å². The van der Waals surface area contributed by atoms with Gasteiger partial charge in [-0.15, -0.1) is 0 Å². The molecule has 2 aromatic rings. The number of hydrogen-bond donors (Lipinski definition) is 0. The normalized spacial score (nSPS) is 10.6. The zero-order chi connectivity index (χ0) is 14.7. The molecule has 4 nitrogen and oxygen atoms in total. The van der Waals surface area contributed by atoms with Crippen LogP contribution in [-0.4, -0.2) is 27.6 Å². The quantitative estimate of drug-likeness (QED) is 0.858. The first kappa shape index (κ1) is 14.7. The van der Waals surface area contributed by atoms with E-state index in [9.17, 15) is 9.18 Å². The zero-order valence-corrected chi connectivity index (χ0v) is 12.9. The molecule has 106 valence electrons. The fraction of sp³-hybridized carbons (Fsp3) is 0.286. The zero-order valence-electron chi connectivity index (χ0n) is 11.3. The summed E-state index contributed by atoms with van der Waals surface area (Å²) in [7, 11) is 1.71. The fourth-order valence-electron chi connectivity index (χ4n) is 1.93. The van der Waals surface area contributed by atoms with Crippen LogP contribution < -0.4 is 0 Å². The van der Waals surface area contributed by atoms with Crippen molar-refractivity contribution in [3.63, 3.8) is 0 Å². The molecule has 0 N–H and O–H groups in total. The molecular formula is C14H15BrFN3O. The van der Waals surface area contributed by atoms with E-state index in [4.69, 9.17) is 0 Å². The smallest absolute Gasteiger partial charge is 0.253 e. The standard InChI is InChI=1S/C14H15BrFN3O/c1-3-19-13(12(15)8-17-19)9-18(2)14(20)10-4-6-11(16)7-5-10/h4-8H,3,9H2,1-2H3. The van der Waals surface area contributed by atoms with Crippen LogP contribution in [-0.2, 0) is 13.1 Å². The van der Waals surface area contributed by atoms with Crippen LogP contribution in [0.1, 0.15) is 23.0 Å². The Morgan fingerprint density at radius 1 is 1.40 bits per heavy atom. The first-order valence-electron chi connectivity index (χ1n) is 6.24. The van der Waals surface area contributed by atoms with Crippen LogP contribution in [0.15, 0.2) is 34.9 Å². The van der Waals surface area contributed by atoms with E-state index in [1.807, 2.05) is 11.6 Å². The monoisotopic (exact) mass is 339 g/mol. The van der Waals surface area contributed by atoms with Crippen molar-refractivity contribution in [1.82, 2.24) is 14.7 Å². The van der Waals surface area contributed by atoms with Crippen LogP contribution in [0.25, 0.3) is 0 Å². The number of halogens is 2. The minimum atomic E-state index is -0.351. The second kappa shape index (κ2) is 6.17. The molecule has 0 unspecified atom stereocenters. The Balaban J connectivity index is 2.15. The first-order valence-corrected chi connectivity index (χ1v) is 7.03. The highest BCUT2D eigenvalue weighted by Crippen LogP contribution is 2.18. The van der Waals surface area contributed by atoms with Gasteiger partial charge >= 0.3 is 0 Å². The van der Waals surface area contributed by atoms with Crippen molar-refractivity contribution in [3.8, 4) is 0 Å². The highest BCUT2D eigenvalue weighted by molar-refractivity contribution is 9.10.